The number of phenols is 1. The summed E-state index contributed by atoms with van der Waals surface area (Å²) in [6, 6.07) is 8.28. The topological polar surface area (TPSA) is 20.2 Å². The lowest BCUT2D eigenvalue weighted by Crippen LogP contribution is -2.11. The molecule has 0 saturated heterocycles. The minimum Gasteiger partial charge on any atom is -0.507 e. The predicted octanol–water partition coefficient (Wildman–Crippen LogP) is 5.75. The number of rotatable bonds is 3. The van der Waals surface area contributed by atoms with Gasteiger partial charge < -0.3 is 5.11 Å². The van der Waals surface area contributed by atoms with Crippen molar-refractivity contribution in [2.45, 2.75) is 52.4 Å². The highest BCUT2D eigenvalue weighted by Gasteiger charge is 2.18. The Kier molecular flexibility index (Phi) is 4.53. The van der Waals surface area contributed by atoms with Crippen LogP contribution in [0, 0.1) is 0 Å². The van der Waals surface area contributed by atoms with Crippen LogP contribution < -0.4 is 0 Å². The van der Waals surface area contributed by atoms with E-state index in [1.54, 1.807) is 0 Å². The molecule has 0 aromatic heterocycles. The molecule has 0 saturated carbocycles. The lowest BCUT2D eigenvalue weighted by atomic mass is 9.83. The van der Waals surface area contributed by atoms with Crippen LogP contribution in [-0.2, 0) is 11.8 Å². The van der Waals surface area contributed by atoms with Crippen molar-refractivity contribution in [3.05, 3.63) is 41.0 Å². The molecule has 0 atom stereocenters. The first-order valence-corrected chi connectivity index (χ1v) is 8.14. The third-order valence-corrected chi connectivity index (χ3v) is 4.28. The molecular formula is C19H25ClO. The van der Waals surface area contributed by atoms with E-state index in [1.807, 2.05) is 12.1 Å². The summed E-state index contributed by atoms with van der Waals surface area (Å²) in [6.45, 7) is 10.9. The average molecular weight is 305 g/mol. The van der Waals surface area contributed by atoms with Gasteiger partial charge in [0.2, 0.25) is 0 Å². The molecule has 0 heterocycles. The number of aromatic hydroxyl groups is 1. The summed E-state index contributed by atoms with van der Waals surface area (Å²) in [5.41, 5.74) is 3.85. The zero-order chi connectivity index (χ0) is 15.8. The van der Waals surface area contributed by atoms with Gasteiger partial charge in [-0.3, -0.25) is 0 Å². The molecule has 2 aromatic rings. The minimum atomic E-state index is 0.0931. The first-order valence-electron chi connectivity index (χ1n) is 7.60. The Labute approximate surface area is 132 Å². The highest BCUT2D eigenvalue weighted by molar-refractivity contribution is 6.18. The molecule has 2 heteroatoms. The average Bonchev–Trinajstić information content (AvgIpc) is 2.40. The Balaban J connectivity index is 2.82. The summed E-state index contributed by atoms with van der Waals surface area (Å²) < 4.78 is 0. The fraction of sp³-hybridized carbons (Fsp3) is 0.474. The van der Waals surface area contributed by atoms with Crippen LogP contribution in [0.5, 0.6) is 5.75 Å². The lowest BCUT2D eigenvalue weighted by molar-refractivity contribution is 0.480. The third kappa shape index (κ3) is 3.18. The van der Waals surface area contributed by atoms with Crippen molar-refractivity contribution in [1.29, 1.82) is 0 Å². The van der Waals surface area contributed by atoms with Crippen molar-refractivity contribution in [3.63, 3.8) is 0 Å². The van der Waals surface area contributed by atoms with Gasteiger partial charge in [-0.25, -0.2) is 0 Å². The van der Waals surface area contributed by atoms with E-state index >= 15 is 0 Å². The summed E-state index contributed by atoms with van der Waals surface area (Å²) in [5.74, 6) is 1.34. The lowest BCUT2D eigenvalue weighted by Gasteiger charge is -2.22. The molecule has 0 unspecified atom stereocenters. The number of hydrogen-bond acceptors (Lipinski definition) is 1. The number of phenolic OH excluding ortho intramolecular Hbond substituents is 1. The number of benzene rings is 2. The molecule has 0 fully saturated rings. The van der Waals surface area contributed by atoms with Crippen LogP contribution in [-0.4, -0.2) is 11.0 Å². The van der Waals surface area contributed by atoms with E-state index in [9.17, 15) is 5.11 Å². The molecule has 0 aliphatic rings. The molecule has 0 aliphatic carbocycles. The molecule has 21 heavy (non-hydrogen) atoms. The summed E-state index contributed by atoms with van der Waals surface area (Å²) in [7, 11) is 0. The second-order valence-corrected chi connectivity index (χ2v) is 7.45. The maximum Gasteiger partial charge on any atom is 0.123 e. The molecule has 0 aliphatic heterocycles. The van der Waals surface area contributed by atoms with Crippen LogP contribution in [0.2, 0.25) is 0 Å². The van der Waals surface area contributed by atoms with Crippen LogP contribution >= 0.6 is 11.6 Å². The largest absolute Gasteiger partial charge is 0.507 e. The smallest absolute Gasteiger partial charge is 0.123 e. The summed E-state index contributed by atoms with van der Waals surface area (Å²) in [5, 5.41) is 12.4. The fourth-order valence-electron chi connectivity index (χ4n) is 2.84. The second-order valence-electron chi connectivity index (χ2n) is 7.07. The molecule has 0 spiro atoms. The van der Waals surface area contributed by atoms with Crippen molar-refractivity contribution >= 4 is 22.4 Å². The van der Waals surface area contributed by atoms with E-state index in [-0.39, 0.29) is 5.41 Å². The minimum absolute atomic E-state index is 0.0931. The number of halogens is 1. The Morgan fingerprint density at radius 2 is 1.76 bits per heavy atom. The van der Waals surface area contributed by atoms with Gasteiger partial charge in [0.05, 0.1) is 0 Å². The van der Waals surface area contributed by atoms with Gasteiger partial charge in [0.15, 0.2) is 0 Å². The highest BCUT2D eigenvalue weighted by Crippen LogP contribution is 2.37. The van der Waals surface area contributed by atoms with Crippen LogP contribution in [0.4, 0.5) is 0 Å². The van der Waals surface area contributed by atoms with Crippen molar-refractivity contribution < 1.29 is 5.11 Å². The Morgan fingerprint density at radius 3 is 2.29 bits per heavy atom. The Bertz CT molecular complexity index is 651. The molecular weight excluding hydrogens is 280 g/mol. The molecule has 114 valence electrons. The standard InChI is InChI=1S/C19H25ClO/c1-12(2)16-11-18(21)15-7-6-13(19(3,4)5)10-17(15)14(16)8-9-20/h6-7,10-12,21H,8-9H2,1-5H3. The molecule has 2 aromatic carbocycles. The number of alkyl halides is 1. The molecule has 2 rings (SSSR count). The van der Waals surface area contributed by atoms with Gasteiger partial charge in [0, 0.05) is 11.3 Å². The number of fused-ring (bicyclic) bond motifs is 1. The molecule has 0 radical (unpaired) electrons. The molecule has 0 bridgehead atoms. The van der Waals surface area contributed by atoms with Crippen molar-refractivity contribution in [3.8, 4) is 5.75 Å². The molecule has 1 N–H and O–H groups in total. The van der Waals surface area contributed by atoms with Gasteiger partial charge in [-0.1, -0.05) is 52.8 Å². The SMILES string of the molecule is CC(C)c1cc(O)c2ccc(C(C)(C)C)cc2c1CCCl. The van der Waals surface area contributed by atoms with E-state index in [1.165, 1.54) is 16.7 Å². The quantitative estimate of drug-likeness (QED) is 0.716. The summed E-state index contributed by atoms with van der Waals surface area (Å²) in [6.07, 6.45) is 0.833. The van der Waals surface area contributed by atoms with E-state index < -0.39 is 0 Å². The Morgan fingerprint density at radius 1 is 1.10 bits per heavy atom. The zero-order valence-corrected chi connectivity index (χ0v) is 14.4. The monoisotopic (exact) mass is 304 g/mol. The van der Waals surface area contributed by atoms with Gasteiger partial charge >= 0.3 is 0 Å². The van der Waals surface area contributed by atoms with E-state index in [0.29, 0.717) is 17.5 Å². The third-order valence-electron chi connectivity index (χ3n) is 4.09. The van der Waals surface area contributed by atoms with Crippen molar-refractivity contribution in [2.24, 2.45) is 0 Å². The van der Waals surface area contributed by atoms with Crippen LogP contribution in [0.15, 0.2) is 24.3 Å². The summed E-state index contributed by atoms with van der Waals surface area (Å²) >= 11 is 6.02. The van der Waals surface area contributed by atoms with Gasteiger partial charge in [-0.05, 0) is 45.9 Å². The van der Waals surface area contributed by atoms with Gasteiger partial charge in [0.1, 0.15) is 5.75 Å². The van der Waals surface area contributed by atoms with Gasteiger partial charge in [-0.15, -0.1) is 11.6 Å². The maximum absolute atomic E-state index is 10.4. The fourth-order valence-corrected chi connectivity index (χ4v) is 3.03. The maximum atomic E-state index is 10.4. The summed E-state index contributed by atoms with van der Waals surface area (Å²) in [4.78, 5) is 0. The van der Waals surface area contributed by atoms with Gasteiger partial charge in [-0.2, -0.15) is 0 Å². The van der Waals surface area contributed by atoms with Crippen LogP contribution in [0.3, 0.4) is 0 Å². The van der Waals surface area contributed by atoms with Gasteiger partial charge in [0.25, 0.3) is 0 Å². The molecule has 1 nitrogen and oxygen atoms in total. The highest BCUT2D eigenvalue weighted by atomic mass is 35.5. The van der Waals surface area contributed by atoms with Crippen molar-refractivity contribution in [1.82, 2.24) is 0 Å². The van der Waals surface area contributed by atoms with E-state index in [2.05, 4.69) is 46.8 Å². The zero-order valence-electron chi connectivity index (χ0n) is 13.6. The van der Waals surface area contributed by atoms with Crippen molar-refractivity contribution in [2.75, 3.05) is 5.88 Å². The number of hydrogen-bond donors (Lipinski definition) is 1. The molecule has 0 amide bonds. The predicted molar refractivity (Wildman–Crippen MR) is 92.8 cm³/mol. The first kappa shape index (κ1) is 16.2. The van der Waals surface area contributed by atoms with E-state index in [0.717, 1.165) is 17.2 Å². The number of aryl methyl sites for hydroxylation is 1. The second kappa shape index (κ2) is 5.88. The Hall–Kier alpha value is -1.21. The van der Waals surface area contributed by atoms with Crippen LogP contribution in [0.1, 0.15) is 57.2 Å². The first-order chi connectivity index (χ1) is 9.75. The van der Waals surface area contributed by atoms with E-state index in [4.69, 9.17) is 11.6 Å². The van der Waals surface area contributed by atoms with Crippen LogP contribution in [0.25, 0.3) is 10.8 Å². The normalized spacial score (nSPS) is 12.3.